The molecule has 3 aromatic carbocycles. The van der Waals surface area contributed by atoms with Crippen LogP contribution < -0.4 is 10.2 Å². The number of piperazine rings is 1. The van der Waals surface area contributed by atoms with E-state index in [1.807, 2.05) is 18.2 Å². The third kappa shape index (κ3) is 4.83. The molecule has 162 valence electrons. The Bertz CT molecular complexity index is 1120. The number of para-hydroxylation sites is 1. The number of carbonyl (C=O) groups is 3. The standard InChI is InChI=1S/C25H22FN3O3/c26-21-12-8-18(9-13-21)16-27-23(30)20-10-6-19(7-11-20)17-28-14-15-29(25(32)24(28)31)22-4-2-1-3-5-22/h1-13H,14-17H2,(H,27,30). The summed E-state index contributed by atoms with van der Waals surface area (Å²) in [6.07, 6.45) is 0. The smallest absolute Gasteiger partial charge is 0.316 e. The van der Waals surface area contributed by atoms with Crippen molar-refractivity contribution < 1.29 is 18.8 Å². The summed E-state index contributed by atoms with van der Waals surface area (Å²) in [5.74, 6) is -1.65. The van der Waals surface area contributed by atoms with E-state index in [-0.39, 0.29) is 11.7 Å². The van der Waals surface area contributed by atoms with Crippen molar-refractivity contribution in [1.29, 1.82) is 0 Å². The zero-order chi connectivity index (χ0) is 22.5. The molecule has 4 rings (SSSR count). The number of benzene rings is 3. The highest BCUT2D eigenvalue weighted by Gasteiger charge is 2.33. The Morgan fingerprint density at radius 3 is 2.16 bits per heavy atom. The van der Waals surface area contributed by atoms with Crippen LogP contribution in [0.5, 0.6) is 0 Å². The van der Waals surface area contributed by atoms with Crippen LogP contribution in [0.3, 0.4) is 0 Å². The molecule has 3 amide bonds. The van der Waals surface area contributed by atoms with Crippen molar-refractivity contribution in [2.24, 2.45) is 0 Å². The molecule has 1 saturated heterocycles. The van der Waals surface area contributed by atoms with Crippen molar-refractivity contribution in [2.45, 2.75) is 13.1 Å². The number of nitrogens with one attached hydrogen (secondary N) is 1. The summed E-state index contributed by atoms with van der Waals surface area (Å²) >= 11 is 0. The molecule has 0 unspecified atom stereocenters. The molecular weight excluding hydrogens is 409 g/mol. The van der Waals surface area contributed by atoms with Gasteiger partial charge in [-0.2, -0.15) is 0 Å². The first-order valence-corrected chi connectivity index (χ1v) is 10.3. The van der Waals surface area contributed by atoms with E-state index in [1.54, 1.807) is 48.5 Å². The molecular formula is C25H22FN3O3. The monoisotopic (exact) mass is 431 g/mol. The van der Waals surface area contributed by atoms with E-state index in [0.717, 1.165) is 11.1 Å². The van der Waals surface area contributed by atoms with Gasteiger partial charge in [0.05, 0.1) is 0 Å². The predicted molar refractivity (Wildman–Crippen MR) is 118 cm³/mol. The molecule has 1 aliphatic rings. The SMILES string of the molecule is O=C(NCc1ccc(F)cc1)c1ccc(CN2CCN(c3ccccc3)C(=O)C2=O)cc1. The largest absolute Gasteiger partial charge is 0.348 e. The number of amides is 3. The summed E-state index contributed by atoms with van der Waals surface area (Å²) in [4.78, 5) is 40.5. The second-order valence-electron chi connectivity index (χ2n) is 7.53. The molecule has 0 bridgehead atoms. The van der Waals surface area contributed by atoms with Crippen molar-refractivity contribution >= 4 is 23.4 Å². The highest BCUT2D eigenvalue weighted by molar-refractivity contribution is 6.40. The van der Waals surface area contributed by atoms with E-state index in [4.69, 9.17) is 0 Å². The van der Waals surface area contributed by atoms with Gasteiger partial charge in [0.1, 0.15) is 5.82 Å². The Hall–Kier alpha value is -4.00. The highest BCUT2D eigenvalue weighted by atomic mass is 19.1. The molecule has 6 nitrogen and oxygen atoms in total. The number of nitrogens with zero attached hydrogens (tertiary/aromatic N) is 2. The third-order valence-corrected chi connectivity index (χ3v) is 5.33. The van der Waals surface area contributed by atoms with Crippen LogP contribution in [0.15, 0.2) is 78.9 Å². The summed E-state index contributed by atoms with van der Waals surface area (Å²) in [7, 11) is 0. The maximum atomic E-state index is 13.0. The summed E-state index contributed by atoms with van der Waals surface area (Å²) in [6, 6.07) is 22.0. The first-order valence-electron chi connectivity index (χ1n) is 10.3. The molecule has 0 atom stereocenters. The lowest BCUT2D eigenvalue weighted by Gasteiger charge is -2.33. The van der Waals surface area contributed by atoms with Crippen LogP contribution in [0, 0.1) is 5.82 Å². The zero-order valence-corrected chi connectivity index (χ0v) is 17.3. The average Bonchev–Trinajstić information content (AvgIpc) is 2.82. The van der Waals surface area contributed by atoms with E-state index in [9.17, 15) is 18.8 Å². The fourth-order valence-electron chi connectivity index (χ4n) is 3.55. The molecule has 0 saturated carbocycles. The normalized spacial score (nSPS) is 13.9. The Labute approximate surface area is 185 Å². The van der Waals surface area contributed by atoms with E-state index in [0.29, 0.717) is 37.4 Å². The van der Waals surface area contributed by atoms with Crippen molar-refractivity contribution in [2.75, 3.05) is 18.0 Å². The Kier molecular flexibility index (Phi) is 6.26. The van der Waals surface area contributed by atoms with Crippen molar-refractivity contribution in [1.82, 2.24) is 10.2 Å². The lowest BCUT2D eigenvalue weighted by atomic mass is 10.1. The second kappa shape index (κ2) is 9.43. The first-order chi connectivity index (χ1) is 15.5. The quantitative estimate of drug-likeness (QED) is 0.610. The number of carbonyl (C=O) groups excluding carboxylic acids is 3. The predicted octanol–water partition coefficient (Wildman–Crippen LogP) is 3.13. The summed E-state index contributed by atoms with van der Waals surface area (Å²) in [6.45, 7) is 1.45. The minimum atomic E-state index is -0.542. The molecule has 7 heteroatoms. The minimum Gasteiger partial charge on any atom is -0.348 e. The van der Waals surface area contributed by atoms with Crippen LogP contribution in [0.1, 0.15) is 21.5 Å². The summed E-state index contributed by atoms with van der Waals surface area (Å²) < 4.78 is 13.0. The number of hydrogen-bond acceptors (Lipinski definition) is 3. The second-order valence-corrected chi connectivity index (χ2v) is 7.53. The van der Waals surface area contributed by atoms with Crippen LogP contribution in [-0.2, 0) is 22.7 Å². The van der Waals surface area contributed by atoms with Crippen molar-refractivity contribution in [3.63, 3.8) is 0 Å². The van der Waals surface area contributed by atoms with Gasteiger partial charge in [-0.05, 0) is 47.5 Å². The molecule has 1 N–H and O–H groups in total. The Morgan fingerprint density at radius 1 is 0.812 bits per heavy atom. The molecule has 0 aliphatic carbocycles. The maximum absolute atomic E-state index is 13.0. The Morgan fingerprint density at radius 2 is 1.47 bits per heavy atom. The van der Waals surface area contributed by atoms with Crippen LogP contribution >= 0.6 is 0 Å². The molecule has 1 fully saturated rings. The van der Waals surface area contributed by atoms with Gasteiger partial charge in [-0.3, -0.25) is 14.4 Å². The van der Waals surface area contributed by atoms with Gasteiger partial charge in [-0.1, -0.05) is 42.5 Å². The van der Waals surface area contributed by atoms with E-state index in [1.165, 1.54) is 21.9 Å². The van der Waals surface area contributed by atoms with Gasteiger partial charge in [0.15, 0.2) is 0 Å². The molecule has 0 aromatic heterocycles. The molecule has 3 aromatic rings. The molecule has 0 spiro atoms. The van der Waals surface area contributed by atoms with E-state index >= 15 is 0 Å². The number of rotatable bonds is 6. The third-order valence-electron chi connectivity index (χ3n) is 5.33. The van der Waals surface area contributed by atoms with Gasteiger partial charge in [-0.25, -0.2) is 4.39 Å². The fraction of sp³-hybridized carbons (Fsp3) is 0.160. The number of anilines is 1. The molecule has 1 aliphatic heterocycles. The van der Waals surface area contributed by atoms with Gasteiger partial charge in [-0.15, -0.1) is 0 Å². The summed E-state index contributed by atoms with van der Waals surface area (Å²) in [5.41, 5.74) is 2.82. The lowest BCUT2D eigenvalue weighted by molar-refractivity contribution is -0.146. The van der Waals surface area contributed by atoms with Gasteiger partial charge in [0.2, 0.25) is 0 Å². The van der Waals surface area contributed by atoms with Crippen molar-refractivity contribution in [3.8, 4) is 0 Å². The highest BCUT2D eigenvalue weighted by Crippen LogP contribution is 2.19. The fourth-order valence-corrected chi connectivity index (χ4v) is 3.55. The topological polar surface area (TPSA) is 69.7 Å². The van der Waals surface area contributed by atoms with Crippen LogP contribution in [0.2, 0.25) is 0 Å². The maximum Gasteiger partial charge on any atom is 0.316 e. The van der Waals surface area contributed by atoms with Crippen LogP contribution in [-0.4, -0.2) is 35.7 Å². The van der Waals surface area contributed by atoms with Gasteiger partial charge < -0.3 is 15.1 Å². The minimum absolute atomic E-state index is 0.247. The number of halogens is 1. The van der Waals surface area contributed by atoms with Gasteiger partial charge in [0, 0.05) is 37.4 Å². The zero-order valence-electron chi connectivity index (χ0n) is 17.3. The summed E-state index contributed by atoms with van der Waals surface area (Å²) in [5, 5.41) is 2.79. The van der Waals surface area contributed by atoms with Gasteiger partial charge in [0.25, 0.3) is 5.91 Å². The molecule has 32 heavy (non-hydrogen) atoms. The van der Waals surface area contributed by atoms with Crippen LogP contribution in [0.25, 0.3) is 0 Å². The average molecular weight is 431 g/mol. The van der Waals surface area contributed by atoms with E-state index < -0.39 is 11.8 Å². The lowest BCUT2D eigenvalue weighted by Crippen LogP contribution is -2.54. The van der Waals surface area contributed by atoms with Gasteiger partial charge >= 0.3 is 11.8 Å². The Balaban J connectivity index is 1.33. The number of hydrogen-bond donors (Lipinski definition) is 1. The molecule has 1 heterocycles. The molecule has 0 radical (unpaired) electrons. The van der Waals surface area contributed by atoms with Crippen molar-refractivity contribution in [3.05, 3.63) is 101 Å². The van der Waals surface area contributed by atoms with Crippen LogP contribution in [0.4, 0.5) is 10.1 Å². The first kappa shape index (κ1) is 21.2. The van der Waals surface area contributed by atoms with E-state index in [2.05, 4.69) is 5.32 Å².